The number of aliphatic hydroxyl groups is 1. The molecule has 0 bridgehead atoms. The molecular weight excluding hydrogens is 260 g/mol. The first-order chi connectivity index (χ1) is 9.95. The van der Waals surface area contributed by atoms with Gasteiger partial charge in [-0.3, -0.25) is 4.79 Å². The van der Waals surface area contributed by atoms with Crippen molar-refractivity contribution in [3.8, 4) is 0 Å². The minimum atomic E-state index is -0.0677. The molecule has 7 atom stereocenters. The Hall–Kier alpha value is -0.370. The second-order valence-electron chi connectivity index (χ2n) is 9.04. The van der Waals surface area contributed by atoms with E-state index in [-0.39, 0.29) is 11.5 Å². The summed E-state index contributed by atoms with van der Waals surface area (Å²) in [5, 5.41) is 10.5. The molecule has 0 aromatic carbocycles. The van der Waals surface area contributed by atoms with Gasteiger partial charge in [0.1, 0.15) is 5.78 Å². The van der Waals surface area contributed by atoms with Gasteiger partial charge in [0.05, 0.1) is 6.10 Å². The lowest BCUT2D eigenvalue weighted by atomic mass is 9.45. The molecule has 21 heavy (non-hydrogen) atoms. The number of carbonyl (C=O) groups is 1. The minimum absolute atomic E-state index is 0.0677. The van der Waals surface area contributed by atoms with Gasteiger partial charge in [0.15, 0.2) is 0 Å². The molecular formula is C19H30O2. The minimum Gasteiger partial charge on any atom is -0.393 e. The van der Waals surface area contributed by atoms with Crippen LogP contribution in [-0.2, 0) is 4.79 Å². The summed E-state index contributed by atoms with van der Waals surface area (Å²) in [5.74, 6) is 3.52. The van der Waals surface area contributed by atoms with Gasteiger partial charge in [-0.25, -0.2) is 0 Å². The van der Waals surface area contributed by atoms with E-state index in [1.54, 1.807) is 0 Å². The van der Waals surface area contributed by atoms with Crippen molar-refractivity contribution in [2.24, 2.45) is 34.5 Å². The van der Waals surface area contributed by atoms with E-state index in [1.165, 1.54) is 32.1 Å². The molecule has 4 aliphatic carbocycles. The molecule has 0 saturated heterocycles. The van der Waals surface area contributed by atoms with Crippen LogP contribution in [0.15, 0.2) is 0 Å². The third kappa shape index (κ3) is 1.84. The lowest BCUT2D eigenvalue weighted by Gasteiger charge is -2.60. The molecule has 1 N–H and O–H groups in total. The number of hydrogen-bond donors (Lipinski definition) is 1. The first-order valence-corrected chi connectivity index (χ1v) is 9.15. The first kappa shape index (κ1) is 14.2. The number of carbonyl (C=O) groups excluding carboxylic acids is 1. The number of Topliss-reactive ketones (excluding diaryl/α,β-unsaturated/α-hetero) is 1. The summed E-state index contributed by atoms with van der Waals surface area (Å²) in [4.78, 5) is 11.9. The van der Waals surface area contributed by atoms with Gasteiger partial charge < -0.3 is 5.11 Å². The number of fused-ring (bicyclic) bond motifs is 5. The fraction of sp³-hybridized carbons (Fsp3) is 0.947. The normalized spacial score (nSPS) is 56.5. The zero-order valence-electron chi connectivity index (χ0n) is 13.6. The number of ketones is 1. The topological polar surface area (TPSA) is 37.3 Å². The van der Waals surface area contributed by atoms with Gasteiger partial charge in [0.25, 0.3) is 0 Å². The fourth-order valence-corrected chi connectivity index (χ4v) is 7.02. The van der Waals surface area contributed by atoms with Crippen molar-refractivity contribution in [3.63, 3.8) is 0 Å². The summed E-state index contributed by atoms with van der Waals surface area (Å²) >= 11 is 0. The van der Waals surface area contributed by atoms with Crippen LogP contribution in [0.4, 0.5) is 0 Å². The Labute approximate surface area is 128 Å². The van der Waals surface area contributed by atoms with Crippen LogP contribution < -0.4 is 0 Å². The van der Waals surface area contributed by atoms with E-state index in [4.69, 9.17) is 0 Å². The van der Waals surface area contributed by atoms with Crippen molar-refractivity contribution < 1.29 is 9.90 Å². The van der Waals surface area contributed by atoms with Crippen LogP contribution in [0.5, 0.6) is 0 Å². The number of hydrogen-bond acceptors (Lipinski definition) is 2. The van der Waals surface area contributed by atoms with Crippen LogP contribution >= 0.6 is 0 Å². The zero-order chi connectivity index (χ0) is 14.8. The number of aliphatic hydroxyl groups excluding tert-OH is 1. The highest BCUT2D eigenvalue weighted by molar-refractivity contribution is 5.79. The molecule has 0 heterocycles. The summed E-state index contributed by atoms with van der Waals surface area (Å²) in [5.41, 5.74) is 0.598. The van der Waals surface area contributed by atoms with Crippen LogP contribution in [0, 0.1) is 34.5 Å². The molecule has 4 aliphatic rings. The van der Waals surface area contributed by atoms with Gasteiger partial charge in [0, 0.05) is 12.8 Å². The summed E-state index contributed by atoms with van der Waals surface area (Å²) < 4.78 is 0. The van der Waals surface area contributed by atoms with E-state index in [1.807, 2.05) is 0 Å². The van der Waals surface area contributed by atoms with Gasteiger partial charge in [-0.15, -0.1) is 0 Å². The Kier molecular flexibility index (Phi) is 3.10. The summed E-state index contributed by atoms with van der Waals surface area (Å²) in [6.45, 7) is 4.85. The second kappa shape index (κ2) is 4.57. The maximum atomic E-state index is 11.9. The van der Waals surface area contributed by atoms with Crippen molar-refractivity contribution >= 4 is 5.78 Å². The molecule has 118 valence electrons. The predicted molar refractivity (Wildman–Crippen MR) is 82.7 cm³/mol. The lowest BCUT2D eigenvalue weighted by molar-refractivity contribution is -0.141. The van der Waals surface area contributed by atoms with Gasteiger partial charge >= 0.3 is 0 Å². The molecule has 4 fully saturated rings. The highest BCUT2D eigenvalue weighted by atomic mass is 16.3. The Balaban J connectivity index is 1.64. The third-order valence-corrected chi connectivity index (χ3v) is 8.43. The maximum Gasteiger partial charge on any atom is 0.133 e. The van der Waals surface area contributed by atoms with Crippen molar-refractivity contribution in [3.05, 3.63) is 0 Å². The standard InChI is InChI=1S/C19H30O2/c1-18-9-7-13(20)11-12(18)3-4-14-15-5-6-17(21)19(15,2)10-8-16(14)18/h12,14-17,21H,3-11H2,1-2H3/t12?,14-,15-,16-,17+,18-,19-/m0/s1. The van der Waals surface area contributed by atoms with Gasteiger partial charge in [-0.05, 0) is 79.4 Å². The monoisotopic (exact) mass is 290 g/mol. The van der Waals surface area contributed by atoms with Crippen LogP contribution in [0.2, 0.25) is 0 Å². The molecule has 1 unspecified atom stereocenters. The van der Waals surface area contributed by atoms with E-state index in [0.717, 1.165) is 43.4 Å². The van der Waals surface area contributed by atoms with E-state index in [9.17, 15) is 9.90 Å². The molecule has 0 radical (unpaired) electrons. The maximum absolute atomic E-state index is 11.9. The van der Waals surface area contributed by atoms with E-state index in [2.05, 4.69) is 13.8 Å². The average Bonchev–Trinajstić information content (AvgIpc) is 2.76. The molecule has 2 heteroatoms. The summed E-state index contributed by atoms with van der Waals surface area (Å²) in [6, 6.07) is 0. The summed E-state index contributed by atoms with van der Waals surface area (Å²) in [6.07, 6.45) is 10.0. The fourth-order valence-electron chi connectivity index (χ4n) is 7.02. The average molecular weight is 290 g/mol. The van der Waals surface area contributed by atoms with Crippen molar-refractivity contribution in [2.75, 3.05) is 0 Å². The van der Waals surface area contributed by atoms with Gasteiger partial charge in [-0.1, -0.05) is 13.8 Å². The largest absolute Gasteiger partial charge is 0.393 e. The second-order valence-corrected chi connectivity index (χ2v) is 9.04. The molecule has 4 saturated carbocycles. The highest BCUT2D eigenvalue weighted by Gasteiger charge is 2.59. The molecule has 0 aromatic heterocycles. The smallest absolute Gasteiger partial charge is 0.133 e. The van der Waals surface area contributed by atoms with E-state index < -0.39 is 0 Å². The van der Waals surface area contributed by atoms with Gasteiger partial charge in [-0.2, -0.15) is 0 Å². The zero-order valence-corrected chi connectivity index (χ0v) is 13.6. The van der Waals surface area contributed by atoms with Gasteiger partial charge in [0.2, 0.25) is 0 Å². The number of rotatable bonds is 0. The predicted octanol–water partition coefficient (Wildman–Crippen LogP) is 3.96. The highest BCUT2D eigenvalue weighted by Crippen LogP contribution is 2.65. The van der Waals surface area contributed by atoms with E-state index >= 15 is 0 Å². The quantitative estimate of drug-likeness (QED) is 0.733. The Morgan fingerprint density at radius 2 is 1.71 bits per heavy atom. The lowest BCUT2D eigenvalue weighted by Crippen LogP contribution is -2.54. The summed E-state index contributed by atoms with van der Waals surface area (Å²) in [7, 11) is 0. The Morgan fingerprint density at radius 3 is 2.52 bits per heavy atom. The van der Waals surface area contributed by atoms with Crippen molar-refractivity contribution in [2.45, 2.75) is 77.7 Å². The molecule has 0 aliphatic heterocycles. The molecule has 0 spiro atoms. The van der Waals surface area contributed by atoms with Crippen LogP contribution in [-0.4, -0.2) is 17.0 Å². The van der Waals surface area contributed by atoms with E-state index in [0.29, 0.717) is 17.1 Å². The Morgan fingerprint density at radius 1 is 0.952 bits per heavy atom. The first-order valence-electron chi connectivity index (χ1n) is 9.15. The molecule has 0 amide bonds. The SMILES string of the molecule is C[C@]12CC[C@H]3[C@@H](CCC4CC(=O)CC[C@@]43C)[C@@H]1CC[C@H]2O. The van der Waals surface area contributed by atoms with Crippen molar-refractivity contribution in [1.82, 2.24) is 0 Å². The van der Waals surface area contributed by atoms with Crippen LogP contribution in [0.3, 0.4) is 0 Å². The van der Waals surface area contributed by atoms with Crippen molar-refractivity contribution in [1.29, 1.82) is 0 Å². The molecule has 4 rings (SSSR count). The Bertz CT molecular complexity index is 458. The molecule has 0 aromatic rings. The third-order valence-electron chi connectivity index (χ3n) is 8.43. The van der Waals surface area contributed by atoms with Crippen LogP contribution in [0.25, 0.3) is 0 Å². The van der Waals surface area contributed by atoms with Crippen LogP contribution in [0.1, 0.15) is 71.6 Å². The molecule has 2 nitrogen and oxygen atoms in total.